The van der Waals surface area contributed by atoms with E-state index in [1.807, 2.05) is 13.8 Å². The lowest BCUT2D eigenvalue weighted by molar-refractivity contribution is 0.175. The fourth-order valence-corrected chi connectivity index (χ4v) is 2.24. The van der Waals surface area contributed by atoms with Gasteiger partial charge in [0, 0.05) is 12.1 Å². The summed E-state index contributed by atoms with van der Waals surface area (Å²) in [5.74, 6) is -0.330. The van der Waals surface area contributed by atoms with Gasteiger partial charge in [-0.25, -0.2) is 4.39 Å². The van der Waals surface area contributed by atoms with Crippen LogP contribution in [0.15, 0.2) is 10.5 Å². The van der Waals surface area contributed by atoms with Crippen LogP contribution in [0.3, 0.4) is 0 Å². The quantitative estimate of drug-likeness (QED) is 0.888. The Hall–Kier alpha value is -0.450. The SMILES string of the molecule is CNCC(O)c1c(C)c(C)cc(F)c1Br. The van der Waals surface area contributed by atoms with Crippen molar-refractivity contribution in [2.45, 2.75) is 20.0 Å². The molecule has 4 heteroatoms. The summed E-state index contributed by atoms with van der Waals surface area (Å²) in [5.41, 5.74) is 2.40. The summed E-state index contributed by atoms with van der Waals surface area (Å²) < 4.78 is 13.8. The van der Waals surface area contributed by atoms with Crippen molar-refractivity contribution in [3.8, 4) is 0 Å². The first-order valence-corrected chi connectivity index (χ1v) is 5.56. The van der Waals surface area contributed by atoms with E-state index in [0.717, 1.165) is 11.1 Å². The normalized spacial score (nSPS) is 12.9. The summed E-state index contributed by atoms with van der Waals surface area (Å²) in [6, 6.07) is 1.47. The lowest BCUT2D eigenvalue weighted by Crippen LogP contribution is -2.18. The Kier molecular flexibility index (Phi) is 4.25. The second kappa shape index (κ2) is 5.05. The maximum atomic E-state index is 13.4. The van der Waals surface area contributed by atoms with Crippen LogP contribution in [0.4, 0.5) is 4.39 Å². The molecule has 1 atom stereocenters. The summed E-state index contributed by atoms with van der Waals surface area (Å²) >= 11 is 3.17. The van der Waals surface area contributed by atoms with Gasteiger partial charge < -0.3 is 10.4 Å². The standard InChI is InChI=1S/C11H15BrFNO/c1-6-4-8(13)11(12)10(7(6)2)9(15)5-14-3/h4,9,14-15H,5H2,1-3H3. The minimum Gasteiger partial charge on any atom is -0.387 e. The molecule has 1 aromatic rings. The van der Waals surface area contributed by atoms with Gasteiger partial charge in [-0.3, -0.25) is 0 Å². The molecule has 1 aromatic carbocycles. The second-order valence-corrected chi connectivity index (χ2v) is 4.39. The summed E-state index contributed by atoms with van der Waals surface area (Å²) in [6.45, 7) is 4.12. The second-order valence-electron chi connectivity index (χ2n) is 3.60. The van der Waals surface area contributed by atoms with E-state index in [4.69, 9.17) is 0 Å². The van der Waals surface area contributed by atoms with E-state index < -0.39 is 6.10 Å². The molecule has 0 heterocycles. The molecule has 0 aliphatic heterocycles. The number of hydrogen-bond acceptors (Lipinski definition) is 2. The number of rotatable bonds is 3. The number of nitrogens with one attached hydrogen (secondary N) is 1. The molecule has 0 saturated carbocycles. The van der Waals surface area contributed by atoms with Crippen molar-refractivity contribution in [2.75, 3.05) is 13.6 Å². The zero-order valence-electron chi connectivity index (χ0n) is 9.06. The number of aliphatic hydroxyl groups excluding tert-OH is 1. The molecule has 0 amide bonds. The number of hydrogen-bond donors (Lipinski definition) is 2. The van der Waals surface area contributed by atoms with E-state index in [1.165, 1.54) is 6.07 Å². The van der Waals surface area contributed by atoms with Gasteiger partial charge in [0.2, 0.25) is 0 Å². The van der Waals surface area contributed by atoms with Gasteiger partial charge >= 0.3 is 0 Å². The van der Waals surface area contributed by atoms with Gasteiger partial charge in [-0.05, 0) is 54.0 Å². The molecular weight excluding hydrogens is 261 g/mol. The summed E-state index contributed by atoms with van der Waals surface area (Å²) in [7, 11) is 1.75. The van der Waals surface area contributed by atoms with Crippen LogP contribution in [0.25, 0.3) is 0 Å². The van der Waals surface area contributed by atoms with Crippen molar-refractivity contribution >= 4 is 15.9 Å². The smallest absolute Gasteiger partial charge is 0.138 e. The van der Waals surface area contributed by atoms with E-state index in [2.05, 4.69) is 21.2 Å². The number of benzene rings is 1. The highest BCUT2D eigenvalue weighted by atomic mass is 79.9. The zero-order chi connectivity index (χ0) is 11.6. The lowest BCUT2D eigenvalue weighted by atomic mass is 9.99. The Morgan fingerprint density at radius 3 is 2.67 bits per heavy atom. The Bertz CT molecular complexity index is 342. The zero-order valence-corrected chi connectivity index (χ0v) is 10.7. The predicted molar refractivity (Wildman–Crippen MR) is 62.5 cm³/mol. The highest BCUT2D eigenvalue weighted by molar-refractivity contribution is 9.10. The van der Waals surface area contributed by atoms with Crippen LogP contribution in [0.2, 0.25) is 0 Å². The molecule has 0 fully saturated rings. The molecule has 1 unspecified atom stereocenters. The van der Waals surface area contributed by atoms with Crippen LogP contribution in [0.5, 0.6) is 0 Å². The van der Waals surface area contributed by atoms with Crippen LogP contribution >= 0.6 is 15.9 Å². The fourth-order valence-electron chi connectivity index (χ4n) is 1.56. The molecule has 0 saturated heterocycles. The van der Waals surface area contributed by atoms with Crippen LogP contribution in [0.1, 0.15) is 22.8 Å². The number of likely N-dealkylation sites (N-methyl/N-ethyl adjacent to an activating group) is 1. The van der Waals surface area contributed by atoms with E-state index in [9.17, 15) is 9.50 Å². The van der Waals surface area contributed by atoms with Gasteiger partial charge in [-0.1, -0.05) is 0 Å². The van der Waals surface area contributed by atoms with Crippen LogP contribution in [-0.2, 0) is 0 Å². The molecule has 2 nitrogen and oxygen atoms in total. The van der Waals surface area contributed by atoms with Crippen LogP contribution in [-0.4, -0.2) is 18.7 Å². The summed E-state index contributed by atoms with van der Waals surface area (Å²) in [4.78, 5) is 0. The fraction of sp³-hybridized carbons (Fsp3) is 0.455. The van der Waals surface area contributed by atoms with Gasteiger partial charge in [0.1, 0.15) is 5.82 Å². The summed E-state index contributed by atoms with van der Waals surface area (Å²) in [5, 5.41) is 12.7. The average Bonchev–Trinajstić information content (AvgIpc) is 2.16. The van der Waals surface area contributed by atoms with Crippen molar-refractivity contribution in [3.63, 3.8) is 0 Å². The minimum absolute atomic E-state index is 0.330. The topological polar surface area (TPSA) is 32.3 Å². The molecule has 0 aromatic heterocycles. The average molecular weight is 276 g/mol. The molecule has 15 heavy (non-hydrogen) atoms. The highest BCUT2D eigenvalue weighted by Crippen LogP contribution is 2.31. The van der Waals surface area contributed by atoms with Crippen LogP contribution < -0.4 is 5.32 Å². The van der Waals surface area contributed by atoms with Gasteiger partial charge in [0.25, 0.3) is 0 Å². The molecule has 0 aliphatic carbocycles. The van der Waals surface area contributed by atoms with Gasteiger partial charge in [-0.2, -0.15) is 0 Å². The highest BCUT2D eigenvalue weighted by Gasteiger charge is 2.18. The van der Waals surface area contributed by atoms with Gasteiger partial charge in [-0.15, -0.1) is 0 Å². The Labute approximate surface area is 97.6 Å². The predicted octanol–water partition coefficient (Wildman–Crippen LogP) is 2.46. The first-order valence-electron chi connectivity index (χ1n) is 4.76. The first-order chi connectivity index (χ1) is 6.99. The van der Waals surface area contributed by atoms with E-state index in [-0.39, 0.29) is 5.82 Å². The third kappa shape index (κ3) is 2.56. The van der Waals surface area contributed by atoms with Crippen molar-refractivity contribution in [1.29, 1.82) is 0 Å². The van der Waals surface area contributed by atoms with Crippen molar-refractivity contribution in [3.05, 3.63) is 33.0 Å². The molecule has 0 bridgehead atoms. The number of aliphatic hydroxyl groups is 1. The molecule has 0 spiro atoms. The number of halogens is 2. The Balaban J connectivity index is 3.26. The molecule has 0 aliphatic rings. The van der Waals surface area contributed by atoms with Crippen molar-refractivity contribution in [2.24, 2.45) is 0 Å². The molecule has 84 valence electrons. The Morgan fingerprint density at radius 1 is 1.53 bits per heavy atom. The monoisotopic (exact) mass is 275 g/mol. The van der Waals surface area contributed by atoms with Gasteiger partial charge in [0.15, 0.2) is 0 Å². The van der Waals surface area contributed by atoms with Crippen molar-refractivity contribution in [1.82, 2.24) is 5.32 Å². The summed E-state index contributed by atoms with van der Waals surface area (Å²) in [6.07, 6.45) is -0.696. The maximum absolute atomic E-state index is 13.4. The van der Waals surface area contributed by atoms with E-state index >= 15 is 0 Å². The first kappa shape index (κ1) is 12.6. The molecular formula is C11H15BrFNO. The lowest BCUT2D eigenvalue weighted by Gasteiger charge is -2.17. The van der Waals surface area contributed by atoms with E-state index in [0.29, 0.717) is 16.6 Å². The van der Waals surface area contributed by atoms with Gasteiger partial charge in [0.05, 0.1) is 10.6 Å². The third-order valence-corrected chi connectivity index (χ3v) is 3.32. The largest absolute Gasteiger partial charge is 0.387 e. The molecule has 1 rings (SSSR count). The molecule has 2 N–H and O–H groups in total. The van der Waals surface area contributed by atoms with Crippen molar-refractivity contribution < 1.29 is 9.50 Å². The van der Waals surface area contributed by atoms with Crippen LogP contribution in [0, 0.1) is 19.7 Å². The maximum Gasteiger partial charge on any atom is 0.138 e. The number of aryl methyl sites for hydroxylation is 1. The van der Waals surface area contributed by atoms with E-state index in [1.54, 1.807) is 7.05 Å². The Morgan fingerprint density at radius 2 is 2.13 bits per heavy atom. The third-order valence-electron chi connectivity index (χ3n) is 2.52. The minimum atomic E-state index is -0.696. The molecule has 0 radical (unpaired) electrons.